The van der Waals surface area contributed by atoms with Crippen LogP contribution >= 0.6 is 0 Å². The predicted molar refractivity (Wildman–Crippen MR) is 113 cm³/mol. The molecule has 1 fully saturated rings. The maximum absolute atomic E-state index is 10.5. The Morgan fingerprint density at radius 1 is 1.10 bits per heavy atom. The van der Waals surface area contributed by atoms with E-state index in [-0.39, 0.29) is 0 Å². The van der Waals surface area contributed by atoms with Crippen molar-refractivity contribution in [3.8, 4) is 11.3 Å². The van der Waals surface area contributed by atoms with E-state index in [1.807, 2.05) is 42.5 Å². The molecule has 8 nitrogen and oxygen atoms in total. The first-order valence-corrected chi connectivity index (χ1v) is 9.59. The fourth-order valence-corrected chi connectivity index (χ4v) is 3.13. The summed E-state index contributed by atoms with van der Waals surface area (Å²) in [5.41, 5.74) is 8.16. The van der Waals surface area contributed by atoms with Crippen molar-refractivity contribution in [1.82, 2.24) is 15.0 Å². The molecule has 0 bridgehead atoms. The van der Waals surface area contributed by atoms with Crippen LogP contribution < -0.4 is 16.0 Å². The average Bonchev–Trinajstić information content (AvgIpc) is 2.79. The lowest BCUT2D eigenvalue weighted by Crippen LogP contribution is -2.37. The van der Waals surface area contributed by atoms with Crippen LogP contribution in [0.2, 0.25) is 0 Å². The Bertz CT molecular complexity index is 930. The van der Waals surface area contributed by atoms with Crippen molar-refractivity contribution in [3.05, 3.63) is 60.3 Å². The molecule has 1 atom stereocenters. The molecule has 1 aliphatic rings. The third kappa shape index (κ3) is 4.79. The van der Waals surface area contributed by atoms with Crippen LogP contribution in [0.5, 0.6) is 0 Å². The van der Waals surface area contributed by atoms with Crippen molar-refractivity contribution in [3.63, 3.8) is 0 Å². The van der Waals surface area contributed by atoms with Crippen LogP contribution in [0.4, 0.5) is 17.6 Å². The molecule has 1 aliphatic heterocycles. The lowest BCUT2D eigenvalue weighted by atomic mass is 10.1. The Kier molecular flexibility index (Phi) is 5.83. The zero-order valence-corrected chi connectivity index (χ0v) is 16.0. The summed E-state index contributed by atoms with van der Waals surface area (Å²) in [5.74, 6) is 1.73. The van der Waals surface area contributed by atoms with Crippen LogP contribution in [-0.4, -0.2) is 52.9 Å². The summed E-state index contributed by atoms with van der Waals surface area (Å²) in [5, 5.41) is 13.7. The highest BCUT2D eigenvalue weighted by atomic mass is 16.5. The molecule has 1 saturated heterocycles. The van der Waals surface area contributed by atoms with Gasteiger partial charge in [0.25, 0.3) is 0 Å². The van der Waals surface area contributed by atoms with E-state index in [9.17, 15) is 5.11 Å². The number of aliphatic hydroxyl groups is 1. The quantitative estimate of drug-likeness (QED) is 0.585. The molecule has 0 amide bonds. The Balaban J connectivity index is 1.59. The molecule has 150 valence electrons. The molecule has 0 radical (unpaired) electrons. The highest BCUT2D eigenvalue weighted by molar-refractivity contribution is 5.64. The monoisotopic (exact) mass is 392 g/mol. The number of nitrogens with one attached hydrogen (secondary N) is 1. The second-order valence-corrected chi connectivity index (χ2v) is 6.82. The van der Waals surface area contributed by atoms with Crippen LogP contribution in [0.25, 0.3) is 11.3 Å². The minimum Gasteiger partial charge on any atom is -0.387 e. The Morgan fingerprint density at radius 3 is 2.62 bits per heavy atom. The molecule has 3 heterocycles. The van der Waals surface area contributed by atoms with E-state index in [0.29, 0.717) is 37.3 Å². The number of anilines is 3. The summed E-state index contributed by atoms with van der Waals surface area (Å²) in [6.45, 7) is 3.09. The molecule has 1 unspecified atom stereocenters. The van der Waals surface area contributed by atoms with Crippen LogP contribution in [-0.2, 0) is 4.74 Å². The van der Waals surface area contributed by atoms with Crippen LogP contribution in [0.3, 0.4) is 0 Å². The number of aliphatic hydroxyl groups excluding tert-OH is 1. The highest BCUT2D eigenvalue weighted by Crippen LogP contribution is 2.24. The van der Waals surface area contributed by atoms with Gasteiger partial charge < -0.3 is 25.8 Å². The van der Waals surface area contributed by atoms with Crippen molar-refractivity contribution in [2.75, 3.05) is 48.8 Å². The van der Waals surface area contributed by atoms with E-state index in [4.69, 9.17) is 15.5 Å². The number of nitrogen functional groups attached to an aromatic ring is 1. The summed E-state index contributed by atoms with van der Waals surface area (Å²) in [6.07, 6.45) is 1.06. The minimum atomic E-state index is -0.639. The number of nitrogens with two attached hydrogens (primary N) is 1. The van der Waals surface area contributed by atoms with Gasteiger partial charge in [0.1, 0.15) is 11.6 Å². The fraction of sp³-hybridized carbons (Fsp3) is 0.286. The number of morpholine rings is 1. The molecule has 0 aliphatic carbocycles. The maximum Gasteiger partial charge on any atom is 0.228 e. The Labute approximate surface area is 169 Å². The van der Waals surface area contributed by atoms with Crippen molar-refractivity contribution in [1.29, 1.82) is 0 Å². The Hall–Kier alpha value is -3.23. The summed E-state index contributed by atoms with van der Waals surface area (Å²) in [6, 6.07) is 15.0. The van der Waals surface area contributed by atoms with Crippen LogP contribution in [0.15, 0.2) is 54.7 Å². The van der Waals surface area contributed by atoms with Gasteiger partial charge >= 0.3 is 0 Å². The zero-order valence-electron chi connectivity index (χ0n) is 16.0. The van der Waals surface area contributed by atoms with E-state index in [0.717, 1.165) is 29.9 Å². The lowest BCUT2D eigenvalue weighted by molar-refractivity contribution is 0.122. The van der Waals surface area contributed by atoms with Crippen molar-refractivity contribution < 1.29 is 9.84 Å². The molecule has 2 aromatic heterocycles. The summed E-state index contributed by atoms with van der Waals surface area (Å²) >= 11 is 0. The molecule has 1 aromatic carbocycles. The van der Waals surface area contributed by atoms with E-state index >= 15 is 0 Å². The standard InChI is InChI=1S/C21H24N6O2/c22-19-7-6-16(13-23-19)17-12-20(24-14-18(28)15-4-2-1-3-5-15)26-21(25-17)27-8-10-29-11-9-27/h1-7,12-13,18,28H,8-11,14H2,(H2,22,23)(H,24,25,26). The normalized spacial score (nSPS) is 15.1. The molecular weight excluding hydrogens is 368 g/mol. The first-order valence-electron chi connectivity index (χ1n) is 9.59. The number of benzene rings is 1. The maximum atomic E-state index is 10.5. The summed E-state index contributed by atoms with van der Waals surface area (Å²) in [4.78, 5) is 15.6. The van der Waals surface area contributed by atoms with Crippen molar-refractivity contribution in [2.24, 2.45) is 0 Å². The van der Waals surface area contributed by atoms with Gasteiger partial charge in [-0.3, -0.25) is 0 Å². The predicted octanol–water partition coefficient (Wildman–Crippen LogP) is 2.10. The van der Waals surface area contributed by atoms with Gasteiger partial charge in [0.15, 0.2) is 0 Å². The minimum absolute atomic E-state index is 0.336. The second-order valence-electron chi connectivity index (χ2n) is 6.82. The van der Waals surface area contributed by atoms with E-state index < -0.39 is 6.10 Å². The van der Waals surface area contributed by atoms with Crippen LogP contribution in [0, 0.1) is 0 Å². The number of hydrogen-bond donors (Lipinski definition) is 3. The van der Waals surface area contributed by atoms with Crippen molar-refractivity contribution in [2.45, 2.75) is 6.10 Å². The number of aromatic nitrogens is 3. The van der Waals surface area contributed by atoms with E-state index in [1.165, 1.54) is 0 Å². The van der Waals surface area contributed by atoms with Gasteiger partial charge in [-0.1, -0.05) is 30.3 Å². The van der Waals surface area contributed by atoms with Gasteiger partial charge in [0.05, 0.1) is 25.0 Å². The number of nitrogens with zero attached hydrogens (tertiary/aromatic N) is 4. The Morgan fingerprint density at radius 2 is 1.90 bits per heavy atom. The topological polar surface area (TPSA) is 109 Å². The number of ether oxygens (including phenoxy) is 1. The van der Waals surface area contributed by atoms with E-state index in [1.54, 1.807) is 12.3 Å². The summed E-state index contributed by atoms with van der Waals surface area (Å²) < 4.78 is 5.44. The van der Waals surface area contributed by atoms with Gasteiger partial charge in [-0.15, -0.1) is 0 Å². The highest BCUT2D eigenvalue weighted by Gasteiger charge is 2.17. The lowest BCUT2D eigenvalue weighted by Gasteiger charge is -2.27. The zero-order chi connectivity index (χ0) is 20.1. The molecule has 4 N–H and O–H groups in total. The first-order chi connectivity index (χ1) is 14.2. The average molecular weight is 392 g/mol. The van der Waals surface area contributed by atoms with Gasteiger partial charge in [-0.05, 0) is 17.7 Å². The molecule has 4 rings (SSSR count). The molecule has 0 spiro atoms. The third-order valence-electron chi connectivity index (χ3n) is 4.75. The largest absolute Gasteiger partial charge is 0.387 e. The van der Waals surface area contributed by atoms with Gasteiger partial charge in [-0.25, -0.2) is 9.97 Å². The molecule has 8 heteroatoms. The molecule has 0 saturated carbocycles. The number of hydrogen-bond acceptors (Lipinski definition) is 8. The van der Waals surface area contributed by atoms with Gasteiger partial charge in [0, 0.05) is 37.5 Å². The van der Waals surface area contributed by atoms with Gasteiger partial charge in [-0.2, -0.15) is 4.98 Å². The van der Waals surface area contributed by atoms with Crippen molar-refractivity contribution >= 4 is 17.6 Å². The fourth-order valence-electron chi connectivity index (χ4n) is 3.13. The van der Waals surface area contributed by atoms with Crippen LogP contribution in [0.1, 0.15) is 11.7 Å². The number of rotatable bonds is 6. The third-order valence-corrected chi connectivity index (χ3v) is 4.75. The number of pyridine rings is 1. The van der Waals surface area contributed by atoms with E-state index in [2.05, 4.69) is 20.2 Å². The molecule has 3 aromatic rings. The SMILES string of the molecule is Nc1ccc(-c2cc(NCC(O)c3ccccc3)nc(N3CCOCC3)n2)cn1. The van der Waals surface area contributed by atoms with Gasteiger partial charge in [0.2, 0.25) is 5.95 Å². The first kappa shape index (κ1) is 19.1. The second kappa shape index (κ2) is 8.85. The molecule has 29 heavy (non-hydrogen) atoms. The molecular formula is C21H24N6O2. The summed E-state index contributed by atoms with van der Waals surface area (Å²) in [7, 11) is 0. The smallest absolute Gasteiger partial charge is 0.228 e.